The number of ether oxygens (including phenoxy) is 1. The Morgan fingerprint density at radius 2 is 2.04 bits per heavy atom. The van der Waals surface area contributed by atoms with Crippen LogP contribution in [0.25, 0.3) is 0 Å². The van der Waals surface area contributed by atoms with Crippen LogP contribution >= 0.6 is 0 Å². The van der Waals surface area contributed by atoms with Gasteiger partial charge in [0.25, 0.3) is 5.91 Å². The molecule has 0 bridgehead atoms. The third-order valence-electron chi connectivity index (χ3n) is 5.38. The molecule has 2 fully saturated rings. The van der Waals surface area contributed by atoms with Gasteiger partial charge < -0.3 is 14.5 Å². The lowest BCUT2D eigenvalue weighted by Crippen LogP contribution is -2.34. The van der Waals surface area contributed by atoms with Crippen LogP contribution in [0.15, 0.2) is 0 Å². The summed E-state index contributed by atoms with van der Waals surface area (Å²) >= 11 is 0. The topological polar surface area (TPSA) is 61.5 Å². The molecule has 25 heavy (non-hydrogen) atoms. The van der Waals surface area contributed by atoms with Crippen molar-refractivity contribution in [3.63, 3.8) is 0 Å². The molecule has 140 valence electrons. The molecule has 3 rings (SSSR count). The summed E-state index contributed by atoms with van der Waals surface area (Å²) in [7, 11) is 0. The van der Waals surface area contributed by atoms with E-state index in [-0.39, 0.29) is 17.9 Å². The number of amides is 1. The zero-order chi connectivity index (χ0) is 17.8. The number of hydrogen-bond acceptors (Lipinski definition) is 4. The number of piperidine rings is 1. The first-order chi connectivity index (χ1) is 12.1. The zero-order valence-corrected chi connectivity index (χ0v) is 15.9. The van der Waals surface area contributed by atoms with Crippen LogP contribution in [0, 0.1) is 6.92 Å². The van der Waals surface area contributed by atoms with Gasteiger partial charge in [0.2, 0.25) is 0 Å². The number of nitrogens with one attached hydrogen (secondary N) is 1. The smallest absolute Gasteiger partial charge is 0.257 e. The fraction of sp³-hybridized carbons (Fsp3) is 0.789. The van der Waals surface area contributed by atoms with E-state index in [0.717, 1.165) is 43.1 Å². The molecule has 6 heteroatoms. The summed E-state index contributed by atoms with van der Waals surface area (Å²) in [5.41, 5.74) is 2.49. The number of carbonyl (C=O) groups is 1. The Balaban J connectivity index is 1.49. The van der Waals surface area contributed by atoms with Crippen LogP contribution in [-0.2, 0) is 4.74 Å². The van der Waals surface area contributed by atoms with E-state index in [1.807, 2.05) is 11.8 Å². The Morgan fingerprint density at radius 3 is 2.76 bits per heavy atom. The second-order valence-corrected chi connectivity index (χ2v) is 7.70. The largest absolute Gasteiger partial charge is 0.375 e. The van der Waals surface area contributed by atoms with E-state index in [1.54, 1.807) is 0 Å². The summed E-state index contributed by atoms with van der Waals surface area (Å²) in [6, 6.07) is 0. The first kappa shape index (κ1) is 18.4. The maximum absolute atomic E-state index is 12.9. The van der Waals surface area contributed by atoms with Gasteiger partial charge in [0.05, 0.1) is 24.0 Å². The van der Waals surface area contributed by atoms with Crippen LogP contribution in [-0.4, -0.2) is 71.3 Å². The second-order valence-electron chi connectivity index (χ2n) is 7.70. The normalized spacial score (nSPS) is 22.1. The zero-order valence-electron chi connectivity index (χ0n) is 15.9. The molecule has 0 aliphatic carbocycles. The molecule has 1 amide bonds. The van der Waals surface area contributed by atoms with Crippen molar-refractivity contribution in [3.8, 4) is 0 Å². The third-order valence-corrected chi connectivity index (χ3v) is 5.38. The van der Waals surface area contributed by atoms with E-state index in [4.69, 9.17) is 4.74 Å². The molecule has 1 aromatic heterocycles. The van der Waals surface area contributed by atoms with E-state index >= 15 is 0 Å². The van der Waals surface area contributed by atoms with E-state index in [1.165, 1.54) is 32.4 Å². The van der Waals surface area contributed by atoms with Crippen molar-refractivity contribution < 1.29 is 9.53 Å². The Bertz CT molecular complexity index is 578. The van der Waals surface area contributed by atoms with Crippen LogP contribution in [0.5, 0.6) is 0 Å². The number of aromatic amines is 1. The van der Waals surface area contributed by atoms with Gasteiger partial charge in [0.15, 0.2) is 0 Å². The SMILES string of the molecule is Cc1[nH]nc(C(C)C)c1C(=O)N1CC[C@@H](OCCN2CCCCC2)C1. The van der Waals surface area contributed by atoms with Gasteiger partial charge in [-0.2, -0.15) is 5.10 Å². The van der Waals surface area contributed by atoms with Crippen molar-refractivity contribution in [1.82, 2.24) is 20.0 Å². The monoisotopic (exact) mass is 348 g/mol. The number of aromatic nitrogens is 2. The van der Waals surface area contributed by atoms with E-state index in [2.05, 4.69) is 28.9 Å². The molecule has 0 aromatic carbocycles. The van der Waals surface area contributed by atoms with Gasteiger partial charge >= 0.3 is 0 Å². The number of rotatable bonds is 6. The lowest BCUT2D eigenvalue weighted by atomic mass is 10.0. The number of hydrogen-bond donors (Lipinski definition) is 1. The molecular weight excluding hydrogens is 316 g/mol. The highest BCUT2D eigenvalue weighted by Gasteiger charge is 2.31. The predicted octanol–water partition coefficient (Wildman–Crippen LogP) is 2.56. The van der Waals surface area contributed by atoms with E-state index in [9.17, 15) is 4.79 Å². The van der Waals surface area contributed by atoms with Crippen LogP contribution in [0.3, 0.4) is 0 Å². The molecule has 0 spiro atoms. The molecule has 2 saturated heterocycles. The molecule has 1 atom stereocenters. The average molecular weight is 348 g/mol. The molecule has 1 aromatic rings. The lowest BCUT2D eigenvalue weighted by molar-refractivity contribution is 0.0379. The number of H-pyrrole nitrogens is 1. The molecule has 3 heterocycles. The Labute approximate surface area is 150 Å². The van der Waals surface area contributed by atoms with Gasteiger partial charge in [-0.3, -0.25) is 9.89 Å². The van der Waals surface area contributed by atoms with E-state index in [0.29, 0.717) is 6.54 Å². The van der Waals surface area contributed by atoms with Crippen molar-refractivity contribution in [2.75, 3.05) is 39.3 Å². The first-order valence-corrected chi connectivity index (χ1v) is 9.74. The molecule has 6 nitrogen and oxygen atoms in total. The fourth-order valence-electron chi connectivity index (χ4n) is 3.87. The van der Waals surface area contributed by atoms with Crippen LogP contribution in [0.4, 0.5) is 0 Å². The van der Waals surface area contributed by atoms with Crippen molar-refractivity contribution >= 4 is 5.91 Å². The summed E-state index contributed by atoms with van der Waals surface area (Å²) in [6.07, 6.45) is 5.09. The van der Waals surface area contributed by atoms with Crippen LogP contribution in [0.1, 0.15) is 67.2 Å². The fourth-order valence-corrected chi connectivity index (χ4v) is 3.87. The summed E-state index contributed by atoms with van der Waals surface area (Å²) in [4.78, 5) is 17.3. The molecule has 0 unspecified atom stereocenters. The minimum atomic E-state index is 0.0945. The molecule has 1 N–H and O–H groups in total. The number of nitrogens with zero attached hydrogens (tertiary/aromatic N) is 3. The number of carbonyl (C=O) groups excluding carboxylic acids is 1. The Hall–Kier alpha value is -1.40. The summed E-state index contributed by atoms with van der Waals surface area (Å²) < 4.78 is 6.05. The average Bonchev–Trinajstić information content (AvgIpc) is 3.22. The standard InChI is InChI=1S/C19H32N4O2/c1-14(2)18-17(15(3)20-21-18)19(24)23-10-7-16(13-23)25-12-11-22-8-5-4-6-9-22/h14,16H,4-13H2,1-3H3,(H,20,21)/t16-/m1/s1. The summed E-state index contributed by atoms with van der Waals surface area (Å²) in [5, 5.41) is 7.29. The third kappa shape index (κ3) is 4.42. The minimum Gasteiger partial charge on any atom is -0.375 e. The predicted molar refractivity (Wildman–Crippen MR) is 98.0 cm³/mol. The Kier molecular flexibility index (Phi) is 6.12. The van der Waals surface area contributed by atoms with Gasteiger partial charge in [-0.15, -0.1) is 0 Å². The second kappa shape index (κ2) is 8.32. The first-order valence-electron chi connectivity index (χ1n) is 9.74. The molecule has 2 aliphatic rings. The maximum Gasteiger partial charge on any atom is 0.257 e. The van der Waals surface area contributed by atoms with Crippen molar-refractivity contribution in [2.24, 2.45) is 0 Å². The van der Waals surface area contributed by atoms with Gasteiger partial charge in [-0.05, 0) is 45.2 Å². The minimum absolute atomic E-state index is 0.0945. The number of aryl methyl sites for hydroxylation is 1. The lowest BCUT2D eigenvalue weighted by Gasteiger charge is -2.26. The molecular formula is C19H32N4O2. The molecule has 0 saturated carbocycles. The number of likely N-dealkylation sites (tertiary alicyclic amines) is 2. The summed E-state index contributed by atoms with van der Waals surface area (Å²) in [5.74, 6) is 0.333. The molecule has 0 radical (unpaired) electrons. The van der Waals surface area contributed by atoms with Gasteiger partial charge in [0.1, 0.15) is 0 Å². The van der Waals surface area contributed by atoms with Crippen molar-refractivity contribution in [3.05, 3.63) is 17.0 Å². The maximum atomic E-state index is 12.9. The highest BCUT2D eigenvalue weighted by atomic mass is 16.5. The Morgan fingerprint density at radius 1 is 1.28 bits per heavy atom. The summed E-state index contributed by atoms with van der Waals surface area (Å²) in [6.45, 7) is 11.7. The highest BCUT2D eigenvalue weighted by Crippen LogP contribution is 2.24. The van der Waals surface area contributed by atoms with E-state index < -0.39 is 0 Å². The van der Waals surface area contributed by atoms with Crippen LogP contribution in [0.2, 0.25) is 0 Å². The van der Waals surface area contributed by atoms with Gasteiger partial charge in [-0.25, -0.2) is 0 Å². The van der Waals surface area contributed by atoms with Gasteiger partial charge in [0, 0.05) is 25.3 Å². The van der Waals surface area contributed by atoms with Crippen molar-refractivity contribution in [2.45, 2.75) is 58.5 Å². The van der Waals surface area contributed by atoms with Crippen LogP contribution < -0.4 is 0 Å². The van der Waals surface area contributed by atoms with Crippen molar-refractivity contribution in [1.29, 1.82) is 0 Å². The molecule has 2 aliphatic heterocycles. The quantitative estimate of drug-likeness (QED) is 0.858. The van der Waals surface area contributed by atoms with Gasteiger partial charge in [-0.1, -0.05) is 20.3 Å². The highest BCUT2D eigenvalue weighted by molar-refractivity contribution is 5.96.